The third-order valence-corrected chi connectivity index (χ3v) is 7.33. The molecule has 0 fully saturated rings. The molecule has 0 heterocycles. The zero-order valence-corrected chi connectivity index (χ0v) is 20.6. The molecule has 2 aromatic rings. The summed E-state index contributed by atoms with van der Waals surface area (Å²) in [4.78, 5) is 12.5. The van der Waals surface area contributed by atoms with E-state index < -0.39 is 16.1 Å². The van der Waals surface area contributed by atoms with Crippen LogP contribution >= 0.6 is 0 Å². The fraction of sp³-hybridized carbons (Fsp3) is 0.480. The highest BCUT2D eigenvalue weighted by atomic mass is 32.2. The van der Waals surface area contributed by atoms with E-state index in [-0.39, 0.29) is 34.3 Å². The van der Waals surface area contributed by atoms with Crippen molar-refractivity contribution in [2.45, 2.75) is 84.0 Å². The number of amides is 1. The quantitative estimate of drug-likeness (QED) is 0.547. The fourth-order valence-corrected chi connectivity index (χ4v) is 5.96. The summed E-state index contributed by atoms with van der Waals surface area (Å²) in [5.41, 5.74) is 2.72. The van der Waals surface area contributed by atoms with Crippen LogP contribution in [0.5, 0.6) is 0 Å². The van der Waals surface area contributed by atoms with E-state index in [0.717, 1.165) is 0 Å². The minimum Gasteiger partial charge on any atom is -0.529 e. The molecule has 0 saturated heterocycles. The first-order valence-corrected chi connectivity index (χ1v) is 12.3. The lowest BCUT2D eigenvalue weighted by Gasteiger charge is -2.33. The number of benzene rings is 2. The van der Waals surface area contributed by atoms with Gasteiger partial charge in [0.05, 0.1) is 10.6 Å². The molecule has 2 aromatic carbocycles. The largest absolute Gasteiger partial charge is 0.529 e. The third-order valence-electron chi connectivity index (χ3n) is 5.53. The van der Waals surface area contributed by atoms with Crippen LogP contribution in [0.25, 0.3) is 0 Å². The number of carboxylic acid groups (broad SMARTS) is 1. The van der Waals surface area contributed by atoms with Crippen LogP contribution < -0.4 is 9.41 Å². The van der Waals surface area contributed by atoms with Gasteiger partial charge in [0.2, 0.25) is 0 Å². The van der Waals surface area contributed by atoms with Crippen LogP contribution in [-0.4, -0.2) is 14.5 Å². The summed E-state index contributed by atoms with van der Waals surface area (Å²) in [6, 6.07) is 10.8. The summed E-state index contributed by atoms with van der Waals surface area (Å²) in [5, 5.41) is 12.5. The lowest BCUT2D eigenvalue weighted by Crippen LogP contribution is -2.47. The molecule has 170 valence electrons. The SMILES string of the molecule is CC(C)c1cccc(C(C)C)c1N(C(=O)[O-])S(=O)(=O)c1c(C(C)C)cccc1C(C)C. The van der Waals surface area contributed by atoms with Crippen molar-refractivity contribution in [2.75, 3.05) is 4.31 Å². The van der Waals surface area contributed by atoms with Crippen LogP contribution in [-0.2, 0) is 10.0 Å². The summed E-state index contributed by atoms with van der Waals surface area (Å²) in [5.74, 6) is -0.347. The second-order valence-corrected chi connectivity index (χ2v) is 10.9. The van der Waals surface area contributed by atoms with E-state index in [1.807, 2.05) is 67.5 Å². The first kappa shape index (κ1) is 24.9. The van der Waals surface area contributed by atoms with Gasteiger partial charge in [0.25, 0.3) is 10.0 Å². The molecule has 6 heteroatoms. The van der Waals surface area contributed by atoms with Gasteiger partial charge < -0.3 is 9.90 Å². The molecule has 0 aliphatic rings. The van der Waals surface area contributed by atoms with Crippen molar-refractivity contribution in [1.29, 1.82) is 0 Å². The van der Waals surface area contributed by atoms with E-state index >= 15 is 0 Å². The molecule has 0 atom stereocenters. The van der Waals surface area contributed by atoms with E-state index in [1.54, 1.807) is 24.3 Å². The molecule has 0 aromatic heterocycles. The molecule has 5 nitrogen and oxygen atoms in total. The van der Waals surface area contributed by atoms with Crippen molar-refractivity contribution >= 4 is 21.8 Å². The number of anilines is 1. The highest BCUT2D eigenvalue weighted by Crippen LogP contribution is 2.40. The second-order valence-electron chi connectivity index (χ2n) is 9.20. The van der Waals surface area contributed by atoms with Crippen molar-refractivity contribution in [2.24, 2.45) is 0 Å². The Morgan fingerprint density at radius 1 is 0.710 bits per heavy atom. The van der Waals surface area contributed by atoms with Gasteiger partial charge in [-0.3, -0.25) is 0 Å². The van der Waals surface area contributed by atoms with Gasteiger partial charge in [-0.05, 0) is 45.9 Å². The molecule has 1 amide bonds. The van der Waals surface area contributed by atoms with Crippen molar-refractivity contribution in [1.82, 2.24) is 0 Å². The molecule has 0 N–H and O–H groups in total. The van der Waals surface area contributed by atoms with E-state index in [9.17, 15) is 18.3 Å². The molecule has 0 radical (unpaired) electrons. The Labute approximate surface area is 187 Å². The normalized spacial score (nSPS) is 12.3. The van der Waals surface area contributed by atoms with Gasteiger partial charge in [-0.15, -0.1) is 0 Å². The number of hydrogen-bond acceptors (Lipinski definition) is 4. The smallest absolute Gasteiger partial charge is 0.270 e. The van der Waals surface area contributed by atoms with Crippen LogP contribution in [0.3, 0.4) is 0 Å². The molecular weight excluding hydrogens is 410 g/mol. The first-order chi connectivity index (χ1) is 14.3. The summed E-state index contributed by atoms with van der Waals surface area (Å²) < 4.78 is 28.7. The summed E-state index contributed by atoms with van der Waals surface area (Å²) in [6.07, 6.45) is -1.75. The minimum atomic E-state index is -4.45. The number of para-hydroxylation sites is 1. The Kier molecular flexibility index (Phi) is 7.58. The van der Waals surface area contributed by atoms with Crippen molar-refractivity contribution < 1.29 is 18.3 Å². The van der Waals surface area contributed by atoms with Gasteiger partial charge in [0.15, 0.2) is 6.09 Å². The van der Waals surface area contributed by atoms with E-state index in [0.29, 0.717) is 26.6 Å². The molecule has 31 heavy (non-hydrogen) atoms. The van der Waals surface area contributed by atoms with Crippen LogP contribution in [0.1, 0.15) is 101 Å². The summed E-state index contributed by atoms with van der Waals surface area (Å²) in [7, 11) is -4.45. The Morgan fingerprint density at radius 3 is 1.32 bits per heavy atom. The molecule has 0 aliphatic heterocycles. The molecule has 0 aliphatic carbocycles. The van der Waals surface area contributed by atoms with Crippen LogP contribution in [0.2, 0.25) is 0 Å². The molecule has 0 spiro atoms. The van der Waals surface area contributed by atoms with Crippen LogP contribution in [0, 0.1) is 0 Å². The minimum absolute atomic E-state index is 0.0671. The van der Waals surface area contributed by atoms with Crippen molar-refractivity contribution in [3.63, 3.8) is 0 Å². The molecule has 0 bridgehead atoms. The summed E-state index contributed by atoms with van der Waals surface area (Å²) >= 11 is 0. The molecule has 0 saturated carbocycles. The number of nitrogens with zero attached hydrogens (tertiary/aromatic N) is 1. The average Bonchev–Trinajstić information content (AvgIpc) is 2.66. The molecular formula is C25H34NO4S-. The van der Waals surface area contributed by atoms with Gasteiger partial charge >= 0.3 is 0 Å². The van der Waals surface area contributed by atoms with Gasteiger partial charge in [-0.25, -0.2) is 12.7 Å². The highest BCUT2D eigenvalue weighted by Gasteiger charge is 2.35. The Hall–Kier alpha value is -2.34. The highest BCUT2D eigenvalue weighted by molar-refractivity contribution is 7.93. The zero-order valence-electron chi connectivity index (χ0n) is 19.8. The van der Waals surface area contributed by atoms with Gasteiger partial charge in [0.1, 0.15) is 0 Å². The Bertz CT molecular complexity index is 1000. The van der Waals surface area contributed by atoms with Gasteiger partial charge in [-0.2, -0.15) is 0 Å². The first-order valence-electron chi connectivity index (χ1n) is 10.8. The van der Waals surface area contributed by atoms with Crippen LogP contribution in [0.15, 0.2) is 41.3 Å². The van der Waals surface area contributed by atoms with E-state index in [2.05, 4.69) is 0 Å². The molecule has 2 rings (SSSR count). The monoisotopic (exact) mass is 444 g/mol. The number of hydrogen-bond donors (Lipinski definition) is 0. The van der Waals surface area contributed by atoms with E-state index in [1.165, 1.54) is 0 Å². The second kappa shape index (κ2) is 9.43. The summed E-state index contributed by atoms with van der Waals surface area (Å²) in [6.45, 7) is 15.3. The maximum atomic E-state index is 14.1. The average molecular weight is 445 g/mol. The Morgan fingerprint density at radius 2 is 1.03 bits per heavy atom. The van der Waals surface area contributed by atoms with Crippen molar-refractivity contribution in [3.05, 3.63) is 58.7 Å². The fourth-order valence-electron chi connectivity index (χ4n) is 3.93. The maximum absolute atomic E-state index is 14.1. The van der Waals surface area contributed by atoms with Gasteiger partial charge in [-0.1, -0.05) is 91.8 Å². The van der Waals surface area contributed by atoms with Crippen molar-refractivity contribution in [3.8, 4) is 0 Å². The number of rotatable bonds is 7. The number of sulfonamides is 1. The standard InChI is InChI=1S/C25H35NO4S/c1-15(2)19-11-9-12-20(16(3)4)23(19)26(25(27)28)31(29,30)24-21(17(5)6)13-10-14-22(24)18(7)8/h9-18H,1-8H3,(H,27,28)/p-1. The number of carbonyl (C=O) groups excluding carboxylic acids is 1. The zero-order chi connectivity index (χ0) is 23.7. The maximum Gasteiger partial charge on any atom is 0.270 e. The topological polar surface area (TPSA) is 77.5 Å². The predicted molar refractivity (Wildman–Crippen MR) is 124 cm³/mol. The van der Waals surface area contributed by atoms with Crippen LogP contribution in [0.4, 0.5) is 10.5 Å². The molecule has 0 unspecified atom stereocenters. The number of carbonyl (C=O) groups is 1. The Balaban J connectivity index is 3.00. The van der Waals surface area contributed by atoms with E-state index in [4.69, 9.17) is 0 Å². The lowest BCUT2D eigenvalue weighted by molar-refractivity contribution is -0.244. The predicted octanol–water partition coefficient (Wildman–Crippen LogP) is 5.72. The lowest BCUT2D eigenvalue weighted by atomic mass is 9.93. The van der Waals surface area contributed by atoms with Gasteiger partial charge in [0, 0.05) is 0 Å². The third kappa shape index (κ3) is 4.79.